The van der Waals surface area contributed by atoms with Gasteiger partial charge in [0, 0.05) is 24.2 Å². The fourth-order valence-electron chi connectivity index (χ4n) is 2.97. The first kappa shape index (κ1) is 14.4. The molecule has 0 aromatic heterocycles. The number of piperidine rings is 1. The highest BCUT2D eigenvalue weighted by molar-refractivity contribution is 5.22. The van der Waals surface area contributed by atoms with E-state index in [2.05, 4.69) is 11.8 Å². The molecule has 4 heteroatoms. The molecule has 1 aliphatic rings. The highest BCUT2D eigenvalue weighted by Gasteiger charge is 2.30. The normalized spacial score (nSPS) is 26.4. The average molecular weight is 268 g/mol. The molecule has 0 saturated carbocycles. The van der Waals surface area contributed by atoms with Crippen LogP contribution < -0.4 is 5.73 Å². The third-order valence-corrected chi connectivity index (χ3v) is 4.29. The quantitative estimate of drug-likeness (QED) is 0.912. The second kappa shape index (κ2) is 5.97. The molecule has 0 aliphatic carbocycles. The fourth-order valence-corrected chi connectivity index (χ4v) is 2.97. The van der Waals surface area contributed by atoms with Gasteiger partial charge >= 0.3 is 0 Å². The van der Waals surface area contributed by atoms with Gasteiger partial charge in [-0.15, -0.1) is 0 Å². The molecule has 1 aromatic carbocycles. The van der Waals surface area contributed by atoms with Crippen LogP contribution >= 0.6 is 0 Å². The Hall–Kier alpha value is -1.00. The largest absolute Gasteiger partial charge is 0.330 e. The minimum absolute atomic E-state index is 0.125. The molecule has 1 fully saturated rings. The second-order valence-electron chi connectivity index (χ2n) is 5.54. The standard InChI is InChI=1S/C15H22F2N2/c1-10-6-7-12(8-18)9-19(10)11(2)13-4-3-5-14(16)15(13)17/h3-5,10-12H,6-9,18H2,1-2H3. The number of nitrogens with zero attached hydrogens (tertiary/aromatic N) is 1. The van der Waals surface area contributed by atoms with Gasteiger partial charge in [-0.1, -0.05) is 12.1 Å². The third kappa shape index (κ3) is 2.95. The summed E-state index contributed by atoms with van der Waals surface area (Å²) in [6, 6.07) is 4.65. The zero-order valence-electron chi connectivity index (χ0n) is 11.6. The van der Waals surface area contributed by atoms with Gasteiger partial charge in [0.05, 0.1) is 0 Å². The van der Waals surface area contributed by atoms with Crippen molar-refractivity contribution in [2.24, 2.45) is 11.7 Å². The Morgan fingerprint density at radius 3 is 2.79 bits per heavy atom. The molecule has 0 bridgehead atoms. The van der Waals surface area contributed by atoms with E-state index in [-0.39, 0.29) is 6.04 Å². The van der Waals surface area contributed by atoms with Gasteiger partial charge in [0.25, 0.3) is 0 Å². The van der Waals surface area contributed by atoms with E-state index < -0.39 is 11.6 Å². The highest BCUT2D eigenvalue weighted by atomic mass is 19.2. The molecule has 19 heavy (non-hydrogen) atoms. The maximum Gasteiger partial charge on any atom is 0.163 e. The van der Waals surface area contributed by atoms with Crippen LogP contribution in [0.1, 0.15) is 38.3 Å². The molecule has 1 heterocycles. The van der Waals surface area contributed by atoms with Crippen LogP contribution in [0.25, 0.3) is 0 Å². The van der Waals surface area contributed by atoms with Gasteiger partial charge in [0.15, 0.2) is 11.6 Å². The predicted octanol–water partition coefficient (Wildman–Crippen LogP) is 3.09. The van der Waals surface area contributed by atoms with Crippen LogP contribution in [-0.4, -0.2) is 24.0 Å². The maximum atomic E-state index is 13.9. The van der Waals surface area contributed by atoms with Crippen molar-refractivity contribution in [1.82, 2.24) is 4.90 Å². The summed E-state index contributed by atoms with van der Waals surface area (Å²) in [5, 5.41) is 0. The van der Waals surface area contributed by atoms with Gasteiger partial charge < -0.3 is 5.73 Å². The molecule has 1 aliphatic heterocycles. The van der Waals surface area contributed by atoms with E-state index in [0.717, 1.165) is 25.5 Å². The lowest BCUT2D eigenvalue weighted by Crippen LogP contribution is -2.45. The Labute approximate surface area is 113 Å². The van der Waals surface area contributed by atoms with E-state index in [1.165, 1.54) is 0 Å². The number of benzene rings is 1. The fraction of sp³-hybridized carbons (Fsp3) is 0.600. The van der Waals surface area contributed by atoms with Crippen LogP contribution in [0.2, 0.25) is 0 Å². The van der Waals surface area contributed by atoms with E-state index in [1.807, 2.05) is 6.92 Å². The summed E-state index contributed by atoms with van der Waals surface area (Å²) in [4.78, 5) is 2.24. The summed E-state index contributed by atoms with van der Waals surface area (Å²) in [6.07, 6.45) is 2.18. The molecular formula is C15H22F2N2. The third-order valence-electron chi connectivity index (χ3n) is 4.29. The Morgan fingerprint density at radius 2 is 2.11 bits per heavy atom. The van der Waals surface area contributed by atoms with Crippen molar-refractivity contribution in [2.75, 3.05) is 13.1 Å². The predicted molar refractivity (Wildman–Crippen MR) is 72.7 cm³/mol. The first-order valence-electron chi connectivity index (χ1n) is 6.94. The summed E-state index contributed by atoms with van der Waals surface area (Å²) in [7, 11) is 0. The van der Waals surface area contributed by atoms with Crippen molar-refractivity contribution in [3.63, 3.8) is 0 Å². The van der Waals surface area contributed by atoms with Crippen molar-refractivity contribution in [3.8, 4) is 0 Å². The zero-order valence-corrected chi connectivity index (χ0v) is 11.6. The smallest absolute Gasteiger partial charge is 0.163 e. The molecule has 1 aromatic rings. The van der Waals surface area contributed by atoms with Crippen LogP contribution in [0, 0.1) is 17.6 Å². The number of likely N-dealkylation sites (tertiary alicyclic amines) is 1. The van der Waals surface area contributed by atoms with Crippen LogP contribution in [0.5, 0.6) is 0 Å². The van der Waals surface area contributed by atoms with Gasteiger partial charge in [-0.25, -0.2) is 8.78 Å². The number of rotatable bonds is 3. The Kier molecular flexibility index (Phi) is 4.53. The topological polar surface area (TPSA) is 29.3 Å². The van der Waals surface area contributed by atoms with Gasteiger partial charge in [-0.2, -0.15) is 0 Å². The molecule has 0 spiro atoms. The second-order valence-corrected chi connectivity index (χ2v) is 5.54. The lowest BCUT2D eigenvalue weighted by atomic mass is 9.91. The molecule has 1 saturated heterocycles. The molecule has 3 atom stereocenters. The van der Waals surface area contributed by atoms with Gasteiger partial charge in [0.1, 0.15) is 0 Å². The molecule has 2 N–H and O–H groups in total. The van der Waals surface area contributed by atoms with Crippen molar-refractivity contribution >= 4 is 0 Å². The minimum Gasteiger partial charge on any atom is -0.330 e. The Balaban J connectivity index is 2.22. The summed E-state index contributed by atoms with van der Waals surface area (Å²) in [5.74, 6) is -1.04. The summed E-state index contributed by atoms with van der Waals surface area (Å²) in [6.45, 7) is 5.59. The maximum absolute atomic E-state index is 13.9. The average Bonchev–Trinajstić information content (AvgIpc) is 2.42. The highest BCUT2D eigenvalue weighted by Crippen LogP contribution is 2.31. The Bertz CT molecular complexity index is 436. The van der Waals surface area contributed by atoms with E-state index >= 15 is 0 Å². The lowest BCUT2D eigenvalue weighted by molar-refractivity contribution is 0.0793. The molecule has 2 rings (SSSR count). The van der Waals surface area contributed by atoms with Crippen molar-refractivity contribution in [3.05, 3.63) is 35.4 Å². The summed E-state index contributed by atoms with van der Waals surface area (Å²) in [5.41, 5.74) is 6.18. The minimum atomic E-state index is -0.774. The molecule has 0 radical (unpaired) electrons. The first-order chi connectivity index (χ1) is 9.04. The van der Waals surface area contributed by atoms with E-state index in [0.29, 0.717) is 24.1 Å². The molecule has 3 unspecified atom stereocenters. The number of hydrogen-bond donors (Lipinski definition) is 1. The molecular weight excluding hydrogens is 246 g/mol. The van der Waals surface area contributed by atoms with Crippen LogP contribution in [0.3, 0.4) is 0 Å². The van der Waals surface area contributed by atoms with Crippen molar-refractivity contribution in [2.45, 2.75) is 38.8 Å². The summed E-state index contributed by atoms with van der Waals surface area (Å²) >= 11 is 0. The van der Waals surface area contributed by atoms with Crippen LogP contribution in [-0.2, 0) is 0 Å². The molecule has 2 nitrogen and oxygen atoms in total. The van der Waals surface area contributed by atoms with Gasteiger partial charge in [0.2, 0.25) is 0 Å². The van der Waals surface area contributed by atoms with E-state index in [4.69, 9.17) is 5.73 Å². The zero-order chi connectivity index (χ0) is 14.0. The van der Waals surface area contributed by atoms with E-state index in [1.54, 1.807) is 12.1 Å². The van der Waals surface area contributed by atoms with Crippen molar-refractivity contribution < 1.29 is 8.78 Å². The van der Waals surface area contributed by atoms with Crippen molar-refractivity contribution in [1.29, 1.82) is 0 Å². The summed E-state index contributed by atoms with van der Waals surface area (Å²) < 4.78 is 27.2. The number of halogens is 2. The number of nitrogens with two attached hydrogens (primary N) is 1. The van der Waals surface area contributed by atoms with Crippen LogP contribution in [0.4, 0.5) is 8.78 Å². The van der Waals surface area contributed by atoms with Gasteiger partial charge in [-0.3, -0.25) is 4.90 Å². The molecule has 0 amide bonds. The Morgan fingerprint density at radius 1 is 1.37 bits per heavy atom. The monoisotopic (exact) mass is 268 g/mol. The lowest BCUT2D eigenvalue weighted by Gasteiger charge is -2.41. The SMILES string of the molecule is CC1CCC(CN)CN1C(C)c1cccc(F)c1F. The van der Waals surface area contributed by atoms with E-state index in [9.17, 15) is 8.78 Å². The molecule has 106 valence electrons. The van der Waals surface area contributed by atoms with Crippen LogP contribution in [0.15, 0.2) is 18.2 Å². The number of hydrogen-bond acceptors (Lipinski definition) is 2. The van der Waals surface area contributed by atoms with Gasteiger partial charge in [-0.05, 0) is 45.2 Å². The first-order valence-corrected chi connectivity index (χ1v) is 6.94.